The fourth-order valence-corrected chi connectivity index (χ4v) is 4.43. The molecule has 5 rings (SSSR count). The molecule has 0 aliphatic carbocycles. The summed E-state index contributed by atoms with van der Waals surface area (Å²) in [7, 11) is 0. The third kappa shape index (κ3) is 4.33. The van der Waals surface area contributed by atoms with E-state index in [2.05, 4.69) is 0 Å². The molecule has 1 saturated heterocycles. The molecule has 3 aromatic carbocycles. The van der Waals surface area contributed by atoms with Crippen LogP contribution in [-0.2, 0) is 16.1 Å². The number of carbonyl (C=O) groups is 2. The van der Waals surface area contributed by atoms with Gasteiger partial charge in [0.1, 0.15) is 24.7 Å². The number of carbonyl (C=O) groups excluding carboxylic acids is 2. The highest BCUT2D eigenvalue weighted by atomic mass is 16.6. The minimum absolute atomic E-state index is 0.0340. The van der Waals surface area contributed by atoms with Crippen molar-refractivity contribution in [3.05, 3.63) is 95.1 Å². The van der Waals surface area contributed by atoms with E-state index in [0.29, 0.717) is 48.2 Å². The first-order valence-electron chi connectivity index (χ1n) is 11.5. The highest BCUT2D eigenvalue weighted by Gasteiger charge is 2.46. The van der Waals surface area contributed by atoms with Gasteiger partial charge < -0.3 is 24.2 Å². The van der Waals surface area contributed by atoms with Crippen molar-refractivity contribution >= 4 is 17.4 Å². The van der Waals surface area contributed by atoms with Crippen molar-refractivity contribution in [1.82, 2.24) is 4.90 Å². The van der Waals surface area contributed by atoms with Gasteiger partial charge in [0.2, 0.25) is 0 Å². The minimum Gasteiger partial charge on any atom is -0.507 e. The summed E-state index contributed by atoms with van der Waals surface area (Å²) in [6.45, 7) is 3.48. The summed E-state index contributed by atoms with van der Waals surface area (Å²) < 4.78 is 16.8. The Balaban J connectivity index is 1.61. The first kappa shape index (κ1) is 22.5. The number of aliphatic hydroxyl groups excluding tert-OH is 1. The van der Waals surface area contributed by atoms with E-state index in [1.807, 2.05) is 49.4 Å². The summed E-state index contributed by atoms with van der Waals surface area (Å²) in [5, 5.41) is 11.3. The number of rotatable bonds is 6. The number of hydrogen-bond donors (Lipinski definition) is 1. The molecule has 1 atom stereocenters. The number of likely N-dealkylation sites (tertiary alicyclic amines) is 1. The lowest BCUT2D eigenvalue weighted by Gasteiger charge is -2.26. The van der Waals surface area contributed by atoms with Crippen LogP contribution < -0.4 is 14.2 Å². The van der Waals surface area contributed by atoms with E-state index in [1.165, 1.54) is 4.90 Å². The monoisotopic (exact) mass is 471 g/mol. The van der Waals surface area contributed by atoms with Gasteiger partial charge in [0, 0.05) is 12.1 Å². The van der Waals surface area contributed by atoms with Gasteiger partial charge in [-0.15, -0.1) is 0 Å². The van der Waals surface area contributed by atoms with Gasteiger partial charge in [0.15, 0.2) is 11.5 Å². The molecule has 2 aliphatic heterocycles. The van der Waals surface area contributed by atoms with Gasteiger partial charge in [0.05, 0.1) is 18.2 Å². The standard InChI is InChI=1S/C28H25NO6/c1-2-33-21-11-8-19(9-12-21)25-24(26(30)20-10-13-22-23(16-20)35-15-14-34-22)27(31)28(32)29(25)17-18-6-4-3-5-7-18/h3-13,16,25,30H,2,14-15,17H2,1H3/t25-/m1/s1. The van der Waals surface area contributed by atoms with E-state index in [-0.39, 0.29) is 17.9 Å². The largest absolute Gasteiger partial charge is 0.507 e. The van der Waals surface area contributed by atoms with Crippen molar-refractivity contribution in [3.8, 4) is 17.2 Å². The van der Waals surface area contributed by atoms with Crippen molar-refractivity contribution < 1.29 is 28.9 Å². The molecule has 0 aromatic heterocycles. The van der Waals surface area contributed by atoms with E-state index in [1.54, 1.807) is 30.3 Å². The molecule has 0 spiro atoms. The van der Waals surface area contributed by atoms with Crippen molar-refractivity contribution in [2.45, 2.75) is 19.5 Å². The zero-order valence-corrected chi connectivity index (χ0v) is 19.3. The number of benzene rings is 3. The molecule has 3 aromatic rings. The minimum atomic E-state index is -0.765. The number of ketones is 1. The number of ether oxygens (including phenoxy) is 3. The summed E-state index contributed by atoms with van der Waals surface area (Å²) in [6.07, 6.45) is 0. The quantitative estimate of drug-likeness (QED) is 0.324. The molecule has 1 amide bonds. The lowest BCUT2D eigenvalue weighted by Crippen LogP contribution is -2.29. The van der Waals surface area contributed by atoms with Gasteiger partial charge in [-0.1, -0.05) is 42.5 Å². The molecule has 0 unspecified atom stereocenters. The maximum absolute atomic E-state index is 13.3. The van der Waals surface area contributed by atoms with Crippen LogP contribution in [0.4, 0.5) is 0 Å². The highest BCUT2D eigenvalue weighted by molar-refractivity contribution is 6.46. The van der Waals surface area contributed by atoms with Crippen LogP contribution in [0.25, 0.3) is 5.76 Å². The molecule has 7 nitrogen and oxygen atoms in total. The molecule has 178 valence electrons. The molecule has 0 bridgehead atoms. The van der Waals surface area contributed by atoms with Crippen LogP contribution >= 0.6 is 0 Å². The molecule has 2 heterocycles. The second-order valence-electron chi connectivity index (χ2n) is 8.27. The molecule has 35 heavy (non-hydrogen) atoms. The number of Topliss-reactive ketones (excluding diaryl/α,β-unsaturated/α-hetero) is 1. The van der Waals surface area contributed by atoms with E-state index in [9.17, 15) is 14.7 Å². The molecular weight excluding hydrogens is 446 g/mol. The Bertz CT molecular complexity index is 1280. The molecule has 1 fully saturated rings. The molecule has 0 saturated carbocycles. The second-order valence-corrected chi connectivity index (χ2v) is 8.27. The lowest BCUT2D eigenvalue weighted by molar-refractivity contribution is -0.140. The lowest BCUT2D eigenvalue weighted by atomic mass is 9.95. The van der Waals surface area contributed by atoms with Gasteiger partial charge in [-0.25, -0.2) is 0 Å². The fraction of sp³-hybridized carbons (Fsp3) is 0.214. The number of hydrogen-bond acceptors (Lipinski definition) is 6. The Hall–Kier alpha value is -4.26. The summed E-state index contributed by atoms with van der Waals surface area (Å²) >= 11 is 0. The third-order valence-electron chi connectivity index (χ3n) is 6.06. The Morgan fingerprint density at radius 1 is 0.971 bits per heavy atom. The maximum Gasteiger partial charge on any atom is 0.295 e. The molecule has 0 radical (unpaired) electrons. The number of aliphatic hydroxyl groups is 1. The van der Waals surface area contributed by atoms with Crippen LogP contribution in [0, 0.1) is 0 Å². The van der Waals surface area contributed by atoms with Gasteiger partial charge in [-0.05, 0) is 48.4 Å². The number of nitrogens with zero attached hydrogens (tertiary/aromatic N) is 1. The van der Waals surface area contributed by atoms with Crippen LogP contribution in [0.2, 0.25) is 0 Å². The Morgan fingerprint density at radius 3 is 2.40 bits per heavy atom. The smallest absolute Gasteiger partial charge is 0.295 e. The molecular formula is C28H25NO6. The van der Waals surface area contributed by atoms with E-state index < -0.39 is 17.7 Å². The average Bonchev–Trinajstić information content (AvgIpc) is 3.14. The second kappa shape index (κ2) is 9.54. The van der Waals surface area contributed by atoms with E-state index in [4.69, 9.17) is 14.2 Å². The SMILES string of the molecule is CCOc1ccc([C@@H]2C(=C(O)c3ccc4c(c3)OCCO4)C(=O)C(=O)N2Cc2ccccc2)cc1. The van der Waals surface area contributed by atoms with Crippen molar-refractivity contribution in [1.29, 1.82) is 0 Å². The summed E-state index contributed by atoms with van der Waals surface area (Å²) in [6, 6.07) is 20.9. The topological polar surface area (TPSA) is 85.3 Å². The summed E-state index contributed by atoms with van der Waals surface area (Å²) in [5.41, 5.74) is 1.99. The summed E-state index contributed by atoms with van der Waals surface area (Å²) in [5.74, 6) is 0.0914. The average molecular weight is 472 g/mol. The first-order chi connectivity index (χ1) is 17.1. The predicted molar refractivity (Wildman–Crippen MR) is 129 cm³/mol. The molecule has 2 aliphatic rings. The van der Waals surface area contributed by atoms with Gasteiger partial charge >= 0.3 is 0 Å². The first-order valence-corrected chi connectivity index (χ1v) is 11.5. The number of amides is 1. The van der Waals surface area contributed by atoms with Crippen molar-refractivity contribution in [3.63, 3.8) is 0 Å². The zero-order valence-electron chi connectivity index (χ0n) is 19.3. The van der Waals surface area contributed by atoms with Crippen LogP contribution in [0.3, 0.4) is 0 Å². The highest BCUT2D eigenvalue weighted by Crippen LogP contribution is 2.42. The van der Waals surface area contributed by atoms with Crippen LogP contribution in [0.1, 0.15) is 29.7 Å². The Labute approximate surface area is 203 Å². The fourth-order valence-electron chi connectivity index (χ4n) is 4.43. The molecule has 7 heteroatoms. The van der Waals surface area contributed by atoms with Gasteiger partial charge in [0.25, 0.3) is 11.7 Å². The summed E-state index contributed by atoms with van der Waals surface area (Å²) in [4.78, 5) is 28.0. The van der Waals surface area contributed by atoms with Gasteiger partial charge in [-0.3, -0.25) is 9.59 Å². The van der Waals surface area contributed by atoms with Crippen LogP contribution in [0.15, 0.2) is 78.4 Å². The normalized spacial score (nSPS) is 18.5. The molecule has 1 N–H and O–H groups in total. The van der Waals surface area contributed by atoms with Crippen molar-refractivity contribution in [2.24, 2.45) is 0 Å². The zero-order chi connectivity index (χ0) is 24.4. The van der Waals surface area contributed by atoms with Crippen LogP contribution in [-0.4, -0.2) is 41.5 Å². The van der Waals surface area contributed by atoms with Crippen molar-refractivity contribution in [2.75, 3.05) is 19.8 Å². The number of fused-ring (bicyclic) bond motifs is 1. The van der Waals surface area contributed by atoms with Gasteiger partial charge in [-0.2, -0.15) is 0 Å². The maximum atomic E-state index is 13.3. The predicted octanol–water partition coefficient (Wildman–Crippen LogP) is 4.48. The van der Waals surface area contributed by atoms with Crippen LogP contribution in [0.5, 0.6) is 17.2 Å². The van der Waals surface area contributed by atoms with E-state index >= 15 is 0 Å². The Morgan fingerprint density at radius 2 is 1.69 bits per heavy atom. The third-order valence-corrected chi connectivity index (χ3v) is 6.06. The Kier molecular flexibility index (Phi) is 6.14. The van der Waals surface area contributed by atoms with E-state index in [0.717, 1.165) is 5.56 Å².